The minimum absolute atomic E-state index is 0.0146. The van der Waals surface area contributed by atoms with Gasteiger partial charge in [0.25, 0.3) is 0 Å². The monoisotopic (exact) mass is 866 g/mol. The van der Waals surface area contributed by atoms with Crippen LogP contribution in [0.1, 0.15) is 57.1 Å². The zero-order valence-electron chi connectivity index (χ0n) is 35.1. The lowest BCUT2D eigenvalue weighted by atomic mass is 10.0. The van der Waals surface area contributed by atoms with Crippen LogP contribution in [0, 0.1) is 0 Å². The van der Waals surface area contributed by atoms with Crippen LogP contribution < -0.4 is 48.7 Å². The number of ketones is 1. The van der Waals surface area contributed by atoms with Gasteiger partial charge in [0.15, 0.2) is 11.7 Å². The predicted molar refractivity (Wildman–Crippen MR) is 233 cm³/mol. The zero-order chi connectivity index (χ0) is 45.5. The Kier molecular flexibility index (Phi) is 16.6. The smallest absolute Gasteiger partial charge is 0.243 e. The van der Waals surface area contributed by atoms with Crippen molar-refractivity contribution in [2.75, 3.05) is 13.1 Å². The van der Waals surface area contributed by atoms with E-state index in [1.54, 1.807) is 48.8 Å². The number of carbonyl (C=O) groups excluding carboxylic acids is 8. The molecule has 6 atom stereocenters. The zero-order valence-corrected chi connectivity index (χ0v) is 35.1. The summed E-state index contributed by atoms with van der Waals surface area (Å²) in [4.78, 5) is 121. The van der Waals surface area contributed by atoms with Crippen molar-refractivity contribution < 1.29 is 38.4 Å². The highest BCUT2D eigenvalue weighted by atomic mass is 16.2. The number of nitrogens with zero attached hydrogens (tertiary/aromatic N) is 2. The second-order valence-electron chi connectivity index (χ2n) is 15.3. The Balaban J connectivity index is 1.56. The molecule has 2 aliphatic heterocycles. The van der Waals surface area contributed by atoms with Gasteiger partial charge in [-0.15, -0.1) is 0 Å². The third-order valence-corrected chi connectivity index (χ3v) is 10.4. The van der Waals surface area contributed by atoms with E-state index < -0.39 is 96.4 Å². The Hall–Kier alpha value is -7.38. The molecule has 63 heavy (non-hydrogen) atoms. The summed E-state index contributed by atoms with van der Waals surface area (Å²) in [6, 6.07) is 8.05. The van der Waals surface area contributed by atoms with E-state index in [1.165, 1.54) is 6.92 Å². The molecule has 1 aromatic heterocycles. The number of allylic oxidation sites excluding steroid dienone is 1. The molecule has 12 N–H and O–H groups in total. The molecule has 20 nitrogen and oxygen atoms in total. The number of rotatable bonds is 12. The normalized spacial score (nSPS) is 22.9. The Bertz CT molecular complexity index is 2270. The van der Waals surface area contributed by atoms with Crippen molar-refractivity contribution in [3.05, 3.63) is 83.7 Å². The van der Waals surface area contributed by atoms with Crippen molar-refractivity contribution in [3.63, 3.8) is 0 Å². The number of H-pyrrole nitrogens is 1. The molecule has 1 saturated heterocycles. The summed E-state index contributed by atoms with van der Waals surface area (Å²) >= 11 is 0. The number of nitrogens with two attached hydrogens (primary N) is 2. The average Bonchev–Trinajstić information content (AvgIpc) is 3.92. The maximum Gasteiger partial charge on any atom is 0.243 e. The molecule has 3 heterocycles. The summed E-state index contributed by atoms with van der Waals surface area (Å²) in [5.41, 5.74) is 13.6. The number of carbonyl (C=O) groups is 8. The molecule has 1 fully saturated rings. The van der Waals surface area contributed by atoms with Crippen molar-refractivity contribution in [2.45, 2.75) is 95.0 Å². The molecule has 0 spiro atoms. The maximum absolute atomic E-state index is 14.4. The van der Waals surface area contributed by atoms with E-state index in [9.17, 15) is 38.4 Å². The van der Waals surface area contributed by atoms with Gasteiger partial charge in [0.2, 0.25) is 41.4 Å². The van der Waals surface area contributed by atoms with Crippen LogP contribution >= 0.6 is 0 Å². The van der Waals surface area contributed by atoms with Crippen LogP contribution in [0.25, 0.3) is 10.9 Å². The molecule has 2 aliphatic rings. The van der Waals surface area contributed by atoms with Gasteiger partial charge >= 0.3 is 0 Å². The molecule has 0 radical (unpaired) electrons. The Morgan fingerprint density at radius 3 is 2.05 bits per heavy atom. The fraction of sp³-hybridized carbons (Fsp3) is 0.395. The van der Waals surface area contributed by atoms with Gasteiger partial charge in [-0.2, -0.15) is 0 Å². The minimum Gasteiger partial charge on any atom is -0.370 e. The number of Topliss-reactive ketones (excluding diaryl/α,β-unsaturated/α-hetero) is 1. The molecule has 334 valence electrons. The van der Waals surface area contributed by atoms with Crippen LogP contribution in [-0.2, 0) is 51.2 Å². The number of amides is 7. The molecule has 5 rings (SSSR count). The van der Waals surface area contributed by atoms with E-state index in [1.807, 2.05) is 24.3 Å². The average molecular weight is 867 g/mol. The molecule has 7 amide bonds. The van der Waals surface area contributed by atoms with Gasteiger partial charge in [0.05, 0.1) is 6.42 Å². The molecule has 0 aliphatic carbocycles. The third kappa shape index (κ3) is 14.1. The predicted octanol–water partition coefficient (Wildman–Crippen LogP) is -1.21. The van der Waals surface area contributed by atoms with Crippen LogP contribution in [0.15, 0.2) is 82.6 Å². The van der Waals surface area contributed by atoms with E-state index in [4.69, 9.17) is 11.5 Å². The summed E-state index contributed by atoms with van der Waals surface area (Å²) in [7, 11) is 0. The van der Waals surface area contributed by atoms with Crippen molar-refractivity contribution >= 4 is 70.2 Å². The number of hydrogen-bond donors (Lipinski definition) is 10. The first-order valence-electron chi connectivity index (χ1n) is 20.6. The first kappa shape index (κ1) is 46.7. The van der Waals surface area contributed by atoms with E-state index >= 15 is 0 Å². The maximum atomic E-state index is 14.4. The first-order valence-corrected chi connectivity index (χ1v) is 20.6. The van der Waals surface area contributed by atoms with Crippen LogP contribution in [0.4, 0.5) is 0 Å². The quantitative estimate of drug-likeness (QED) is 0.0589. The summed E-state index contributed by atoms with van der Waals surface area (Å²) in [5, 5.41) is 19.3. The van der Waals surface area contributed by atoms with Gasteiger partial charge in [-0.05, 0) is 37.0 Å². The van der Waals surface area contributed by atoms with E-state index in [-0.39, 0.29) is 44.6 Å². The van der Waals surface area contributed by atoms with Gasteiger partial charge in [-0.3, -0.25) is 48.3 Å². The van der Waals surface area contributed by atoms with Crippen LogP contribution in [0.5, 0.6) is 0 Å². The molecule has 2 aromatic carbocycles. The number of aromatic nitrogens is 1. The van der Waals surface area contributed by atoms with Crippen molar-refractivity contribution in [1.82, 2.24) is 42.2 Å². The fourth-order valence-electron chi connectivity index (χ4n) is 7.11. The number of fused-ring (bicyclic) bond motifs is 1. The van der Waals surface area contributed by atoms with Crippen LogP contribution in [-0.4, -0.2) is 114 Å². The number of para-hydroxylation sites is 1. The number of nitrogens with one attached hydrogen (secondary N) is 8. The Morgan fingerprint density at radius 2 is 1.38 bits per heavy atom. The molecule has 0 saturated carbocycles. The van der Waals surface area contributed by atoms with Gasteiger partial charge in [-0.25, -0.2) is 0 Å². The number of aliphatic imine (C=N–C) groups is 2. The minimum atomic E-state index is -1.48. The summed E-state index contributed by atoms with van der Waals surface area (Å²) < 4.78 is 0. The second kappa shape index (κ2) is 22.5. The van der Waals surface area contributed by atoms with E-state index in [0.29, 0.717) is 23.2 Å². The van der Waals surface area contributed by atoms with Gasteiger partial charge in [0.1, 0.15) is 36.3 Å². The van der Waals surface area contributed by atoms with Crippen molar-refractivity contribution in [3.8, 4) is 0 Å². The van der Waals surface area contributed by atoms with Crippen LogP contribution in [0.3, 0.4) is 0 Å². The lowest BCUT2D eigenvalue weighted by Crippen LogP contribution is -2.61. The van der Waals surface area contributed by atoms with Gasteiger partial charge in [0, 0.05) is 74.7 Å². The molecule has 20 heteroatoms. The fourth-order valence-corrected chi connectivity index (χ4v) is 7.11. The number of guanidine groups is 1. The SMILES string of the molecule is CC(=O)N[C@H]1CC(=O)NC[C@@H](C(C)=O)NC(=O)[C@H](Cc2c[nH]c3ccccc23)NC(=O)[C@H](CCCN=C(N)N)NC(=O)[C@@H](Cc2ccccc2)NC(=O)[C@H](CC2=CCC=N2)NC1=O. The summed E-state index contributed by atoms with van der Waals surface area (Å²) in [5.74, 6) is -6.13. The van der Waals surface area contributed by atoms with Gasteiger partial charge < -0.3 is 53.7 Å². The molecule has 0 unspecified atom stereocenters. The first-order chi connectivity index (χ1) is 30.2. The summed E-state index contributed by atoms with van der Waals surface area (Å²) in [6.45, 7) is 2.04. The van der Waals surface area contributed by atoms with Crippen LogP contribution in [0.2, 0.25) is 0 Å². The topological polar surface area (TPSA) is 313 Å². The number of aromatic amines is 1. The lowest BCUT2D eigenvalue weighted by Gasteiger charge is -2.28. The third-order valence-electron chi connectivity index (χ3n) is 10.4. The van der Waals surface area contributed by atoms with E-state index in [2.05, 4.69) is 52.2 Å². The standard InChI is InChI=1S/C43H54N12O8/c1-24(56)36-23-49-37(58)21-35(50-25(2)57)42(63)54-34(20-28-12-8-16-46-28)41(62)52-32(18-26-10-4-3-5-11-26)39(60)51-31(15-9-17-47-43(44)45)38(59)53-33(40(61)55-36)19-27-22-48-30-14-7-6-13-29(27)30/h3-7,10-14,16,22,31-36,48H,8-9,15,17-21,23H2,1-2H3,(H,49,58)(H,50,57)(H,51,60)(H,52,62)(H,53,59)(H,54,63)(H,55,61)(H4,44,45,47)/t31-,32+,33-,34-,35-,36-/m0/s1. The summed E-state index contributed by atoms with van der Waals surface area (Å²) in [6.07, 6.45) is 4.92. The van der Waals surface area contributed by atoms with Gasteiger partial charge in [-0.1, -0.05) is 54.6 Å². The molecule has 0 bridgehead atoms. The second-order valence-corrected chi connectivity index (χ2v) is 15.3. The number of hydrogen-bond acceptors (Lipinski definition) is 10. The highest BCUT2D eigenvalue weighted by molar-refractivity contribution is 5.99. The molecular weight excluding hydrogens is 813 g/mol. The number of benzene rings is 2. The Labute approximate surface area is 363 Å². The largest absolute Gasteiger partial charge is 0.370 e. The highest BCUT2D eigenvalue weighted by Crippen LogP contribution is 2.20. The lowest BCUT2D eigenvalue weighted by molar-refractivity contribution is -0.136. The van der Waals surface area contributed by atoms with E-state index in [0.717, 1.165) is 17.8 Å². The molecule has 3 aromatic rings. The van der Waals surface area contributed by atoms with Crippen molar-refractivity contribution in [2.24, 2.45) is 21.5 Å². The van der Waals surface area contributed by atoms with Crippen molar-refractivity contribution in [1.29, 1.82) is 0 Å². The molecular formula is C43H54N12O8. The highest BCUT2D eigenvalue weighted by Gasteiger charge is 2.35. The Morgan fingerprint density at radius 1 is 0.762 bits per heavy atom.